The quantitative estimate of drug-likeness (QED) is 0.471. The molecule has 1 N–H and O–H groups in total. The van der Waals surface area contributed by atoms with Crippen molar-refractivity contribution in [1.82, 2.24) is 9.55 Å². The molecule has 3 rings (SSSR count). The number of nitrogens with zero attached hydrogens (tertiary/aromatic N) is 2. The molecule has 0 radical (unpaired) electrons. The van der Waals surface area contributed by atoms with Gasteiger partial charge in [0.05, 0.1) is 29.3 Å². The molecule has 0 fully saturated rings. The van der Waals surface area contributed by atoms with E-state index >= 15 is 0 Å². The van der Waals surface area contributed by atoms with Crippen molar-refractivity contribution in [3.8, 4) is 0 Å². The monoisotopic (exact) mass is 415 g/mol. The van der Waals surface area contributed by atoms with Crippen LogP contribution in [0.15, 0.2) is 52.4 Å². The minimum atomic E-state index is -0.554. The molecule has 0 aliphatic heterocycles. The lowest BCUT2D eigenvalue weighted by Crippen LogP contribution is -2.28. The Morgan fingerprint density at radius 2 is 2.07 bits per heavy atom. The third-order valence-corrected chi connectivity index (χ3v) is 5.53. The van der Waals surface area contributed by atoms with Gasteiger partial charge in [0.15, 0.2) is 5.16 Å². The lowest BCUT2D eigenvalue weighted by atomic mass is 10.2. The van der Waals surface area contributed by atoms with Crippen LogP contribution in [-0.2, 0) is 16.1 Å². The lowest BCUT2D eigenvalue weighted by Gasteiger charge is -2.16. The van der Waals surface area contributed by atoms with Crippen molar-refractivity contribution in [1.29, 1.82) is 0 Å². The first-order chi connectivity index (χ1) is 13.9. The van der Waals surface area contributed by atoms with Crippen molar-refractivity contribution in [3.05, 3.63) is 64.2 Å². The van der Waals surface area contributed by atoms with Crippen molar-refractivity contribution in [2.24, 2.45) is 0 Å². The number of halogens is 1. The van der Waals surface area contributed by atoms with Gasteiger partial charge in [-0.2, -0.15) is 0 Å². The SMILES string of the molecule is COCCn1c(S[C@@H](C)C(=O)Nc2ccc(C)c(F)c2)nc2ccccc2c1=O. The molecule has 0 unspecified atom stereocenters. The number of anilines is 1. The van der Waals surface area contributed by atoms with Crippen LogP contribution in [0.3, 0.4) is 0 Å². The maximum Gasteiger partial charge on any atom is 0.262 e. The van der Waals surface area contributed by atoms with E-state index in [-0.39, 0.29) is 17.3 Å². The number of methoxy groups -OCH3 is 1. The van der Waals surface area contributed by atoms with E-state index in [4.69, 9.17) is 4.74 Å². The van der Waals surface area contributed by atoms with E-state index in [0.29, 0.717) is 40.5 Å². The molecule has 8 heteroatoms. The van der Waals surface area contributed by atoms with Crippen LogP contribution in [0.25, 0.3) is 10.9 Å². The van der Waals surface area contributed by atoms with Crippen LogP contribution in [0.5, 0.6) is 0 Å². The number of aryl methyl sites for hydroxylation is 1. The Kier molecular flexibility index (Phi) is 6.66. The van der Waals surface area contributed by atoms with E-state index in [0.717, 1.165) is 0 Å². The summed E-state index contributed by atoms with van der Waals surface area (Å²) in [7, 11) is 1.56. The number of hydrogen-bond donors (Lipinski definition) is 1. The second-order valence-corrected chi connectivity index (χ2v) is 7.88. The Bertz CT molecular complexity index is 1100. The number of amides is 1. The third kappa shape index (κ3) is 4.83. The van der Waals surface area contributed by atoms with Gasteiger partial charge in [-0.1, -0.05) is 30.0 Å². The predicted molar refractivity (Wildman–Crippen MR) is 113 cm³/mol. The van der Waals surface area contributed by atoms with Crippen LogP contribution >= 0.6 is 11.8 Å². The summed E-state index contributed by atoms with van der Waals surface area (Å²) in [5.74, 6) is -0.688. The van der Waals surface area contributed by atoms with E-state index in [1.165, 1.54) is 22.4 Å². The summed E-state index contributed by atoms with van der Waals surface area (Å²) in [6.07, 6.45) is 0. The molecule has 1 heterocycles. The average molecular weight is 415 g/mol. The van der Waals surface area contributed by atoms with Crippen molar-refractivity contribution in [3.63, 3.8) is 0 Å². The van der Waals surface area contributed by atoms with Crippen LogP contribution in [0.1, 0.15) is 12.5 Å². The maximum atomic E-state index is 13.7. The van der Waals surface area contributed by atoms with E-state index in [9.17, 15) is 14.0 Å². The minimum Gasteiger partial charge on any atom is -0.383 e. The Labute approximate surface area is 172 Å². The topological polar surface area (TPSA) is 73.2 Å². The molecule has 0 spiro atoms. The highest BCUT2D eigenvalue weighted by atomic mass is 32.2. The molecule has 0 aliphatic carbocycles. The fourth-order valence-corrected chi connectivity index (χ4v) is 3.68. The summed E-state index contributed by atoms with van der Waals surface area (Å²) < 4.78 is 20.4. The smallest absolute Gasteiger partial charge is 0.262 e. The molecule has 152 valence electrons. The average Bonchev–Trinajstić information content (AvgIpc) is 2.70. The largest absolute Gasteiger partial charge is 0.383 e. The van der Waals surface area contributed by atoms with Gasteiger partial charge >= 0.3 is 0 Å². The molecule has 29 heavy (non-hydrogen) atoms. The van der Waals surface area contributed by atoms with Crippen LogP contribution in [-0.4, -0.2) is 34.4 Å². The number of aromatic nitrogens is 2. The van der Waals surface area contributed by atoms with Gasteiger partial charge in [0.2, 0.25) is 5.91 Å². The summed E-state index contributed by atoms with van der Waals surface area (Å²) in [6, 6.07) is 11.6. The number of carbonyl (C=O) groups excluding carboxylic acids is 1. The predicted octanol–water partition coefficient (Wildman–Crippen LogP) is 3.61. The van der Waals surface area contributed by atoms with Gasteiger partial charge < -0.3 is 10.1 Å². The molecular formula is C21H22FN3O3S. The van der Waals surface area contributed by atoms with Crippen LogP contribution < -0.4 is 10.9 Å². The van der Waals surface area contributed by atoms with Crippen molar-refractivity contribution in [2.75, 3.05) is 19.0 Å². The minimum absolute atomic E-state index is 0.177. The zero-order chi connectivity index (χ0) is 21.0. The molecule has 0 bridgehead atoms. The number of fused-ring (bicyclic) bond motifs is 1. The van der Waals surface area contributed by atoms with Gasteiger partial charge in [-0.15, -0.1) is 0 Å². The first-order valence-electron chi connectivity index (χ1n) is 9.13. The number of nitrogens with one attached hydrogen (secondary N) is 1. The van der Waals surface area contributed by atoms with E-state index < -0.39 is 5.25 Å². The summed E-state index contributed by atoms with van der Waals surface area (Å²) in [5.41, 5.74) is 1.28. The maximum absolute atomic E-state index is 13.7. The van der Waals surface area contributed by atoms with Crippen LogP contribution in [0.4, 0.5) is 10.1 Å². The fourth-order valence-electron chi connectivity index (χ4n) is 2.74. The number of benzene rings is 2. The van der Waals surface area contributed by atoms with E-state index in [1.54, 1.807) is 51.3 Å². The number of carbonyl (C=O) groups is 1. The molecule has 0 aliphatic rings. The summed E-state index contributed by atoms with van der Waals surface area (Å²) in [6.45, 7) is 4.04. The second kappa shape index (κ2) is 9.19. The molecule has 1 amide bonds. The third-order valence-electron chi connectivity index (χ3n) is 4.44. The molecule has 0 saturated heterocycles. The summed E-state index contributed by atoms with van der Waals surface area (Å²) >= 11 is 1.17. The van der Waals surface area contributed by atoms with Crippen LogP contribution in [0, 0.1) is 12.7 Å². The number of ether oxygens (including phenoxy) is 1. The first kappa shape index (κ1) is 21.0. The molecule has 1 aromatic heterocycles. The first-order valence-corrected chi connectivity index (χ1v) is 10.0. The van der Waals surface area contributed by atoms with Gasteiger partial charge in [-0.25, -0.2) is 9.37 Å². The number of hydrogen-bond acceptors (Lipinski definition) is 5. The van der Waals surface area contributed by atoms with Gasteiger partial charge in [-0.3, -0.25) is 14.2 Å². The summed E-state index contributed by atoms with van der Waals surface area (Å²) in [5, 5.41) is 3.10. The van der Waals surface area contributed by atoms with Crippen molar-refractivity contribution in [2.45, 2.75) is 30.8 Å². The fraction of sp³-hybridized carbons (Fsp3) is 0.286. The van der Waals surface area contributed by atoms with Gasteiger partial charge in [-0.05, 0) is 43.7 Å². The van der Waals surface area contributed by atoms with Gasteiger partial charge in [0.1, 0.15) is 5.82 Å². The van der Waals surface area contributed by atoms with E-state index in [1.807, 2.05) is 6.07 Å². The number of rotatable bonds is 7. The molecule has 1 atom stereocenters. The lowest BCUT2D eigenvalue weighted by molar-refractivity contribution is -0.115. The second-order valence-electron chi connectivity index (χ2n) is 6.57. The highest BCUT2D eigenvalue weighted by Gasteiger charge is 2.20. The molecule has 3 aromatic rings. The van der Waals surface area contributed by atoms with Gasteiger partial charge in [0.25, 0.3) is 5.56 Å². The van der Waals surface area contributed by atoms with Crippen LogP contribution in [0.2, 0.25) is 0 Å². The normalized spacial score (nSPS) is 12.1. The molecular weight excluding hydrogens is 393 g/mol. The van der Waals surface area contributed by atoms with Gasteiger partial charge in [0, 0.05) is 12.8 Å². The molecule has 0 saturated carbocycles. The standard InChI is InChI=1S/C21H22FN3O3S/c1-13-8-9-15(12-17(13)22)23-19(26)14(2)29-21-24-18-7-5-4-6-16(18)20(27)25(21)10-11-28-3/h4-9,12,14H,10-11H2,1-3H3,(H,23,26)/t14-/m0/s1. The van der Waals surface area contributed by atoms with E-state index in [2.05, 4.69) is 10.3 Å². The van der Waals surface area contributed by atoms with Crippen molar-refractivity contribution < 1.29 is 13.9 Å². The highest BCUT2D eigenvalue weighted by Crippen LogP contribution is 2.24. The number of thioether (sulfide) groups is 1. The Hall–Kier alpha value is -2.71. The molecule has 2 aromatic carbocycles. The number of para-hydroxylation sites is 1. The zero-order valence-electron chi connectivity index (χ0n) is 16.4. The van der Waals surface area contributed by atoms with Crippen molar-refractivity contribution >= 4 is 34.3 Å². The summed E-state index contributed by atoms with van der Waals surface area (Å²) in [4.78, 5) is 30.0. The highest BCUT2D eigenvalue weighted by molar-refractivity contribution is 8.00. The molecule has 6 nitrogen and oxygen atoms in total. The Balaban J connectivity index is 1.86. The Morgan fingerprint density at radius 1 is 1.31 bits per heavy atom. The zero-order valence-corrected chi connectivity index (χ0v) is 17.3. The Morgan fingerprint density at radius 3 is 2.79 bits per heavy atom.